The first-order valence-electron chi connectivity index (χ1n) is 9.56. The van der Waals surface area contributed by atoms with Crippen LogP contribution in [0.3, 0.4) is 0 Å². The molecule has 0 saturated heterocycles. The molecule has 2 aromatic carbocycles. The number of hydrogen-bond donors (Lipinski definition) is 1. The summed E-state index contributed by atoms with van der Waals surface area (Å²) in [7, 11) is 0. The van der Waals surface area contributed by atoms with E-state index in [9.17, 15) is 14.0 Å². The van der Waals surface area contributed by atoms with Crippen LogP contribution >= 0.6 is 15.9 Å². The zero-order valence-corrected chi connectivity index (χ0v) is 18.5. The summed E-state index contributed by atoms with van der Waals surface area (Å²) in [5.74, 6) is -0.305. The monoisotopic (exact) mass is 464 g/mol. The van der Waals surface area contributed by atoms with E-state index in [1.165, 1.54) is 17.0 Å². The third-order valence-electron chi connectivity index (χ3n) is 4.49. The standard InChI is InChI=1S/C22H26BrFN2O3/c1-4-20(22(28)25-5-2)26(13-16-6-8-17(24)9-7-16)21(27)14-29-18-10-11-19(23)15(3)12-18/h6-12,20H,4-5,13-14H2,1-3H3,(H,25,28). The van der Waals surface area contributed by atoms with Gasteiger partial charge in [-0.15, -0.1) is 0 Å². The molecule has 7 heteroatoms. The normalized spacial score (nSPS) is 11.6. The number of amides is 2. The molecule has 0 aliphatic heterocycles. The van der Waals surface area contributed by atoms with Crippen LogP contribution in [0.5, 0.6) is 5.75 Å². The zero-order chi connectivity index (χ0) is 21.4. The van der Waals surface area contributed by atoms with E-state index in [0.717, 1.165) is 15.6 Å². The SMILES string of the molecule is CCNC(=O)C(CC)N(Cc1ccc(F)cc1)C(=O)COc1ccc(Br)c(C)c1. The number of nitrogens with one attached hydrogen (secondary N) is 1. The van der Waals surface area contributed by atoms with E-state index in [2.05, 4.69) is 21.2 Å². The molecule has 1 unspecified atom stereocenters. The molecular formula is C22H26BrFN2O3. The Kier molecular flexibility index (Phi) is 8.64. The average Bonchev–Trinajstić information content (AvgIpc) is 2.70. The van der Waals surface area contributed by atoms with Gasteiger partial charge in [0, 0.05) is 17.6 Å². The number of halogens is 2. The molecule has 29 heavy (non-hydrogen) atoms. The molecule has 0 fully saturated rings. The van der Waals surface area contributed by atoms with Crippen molar-refractivity contribution in [3.63, 3.8) is 0 Å². The second kappa shape index (κ2) is 11.0. The van der Waals surface area contributed by atoms with Crippen LogP contribution in [0, 0.1) is 12.7 Å². The van der Waals surface area contributed by atoms with Gasteiger partial charge in [-0.3, -0.25) is 9.59 Å². The van der Waals surface area contributed by atoms with Gasteiger partial charge in [0.1, 0.15) is 17.6 Å². The molecule has 2 aromatic rings. The second-order valence-electron chi connectivity index (χ2n) is 6.67. The molecule has 0 spiro atoms. The third kappa shape index (κ3) is 6.56. The van der Waals surface area contributed by atoms with Crippen LogP contribution in [0.2, 0.25) is 0 Å². The highest BCUT2D eigenvalue weighted by Gasteiger charge is 2.28. The molecule has 0 aliphatic rings. The molecule has 0 aliphatic carbocycles. The fourth-order valence-corrected chi connectivity index (χ4v) is 3.18. The van der Waals surface area contributed by atoms with Crippen molar-refractivity contribution < 1.29 is 18.7 Å². The van der Waals surface area contributed by atoms with Gasteiger partial charge in [-0.25, -0.2) is 4.39 Å². The van der Waals surface area contributed by atoms with E-state index in [1.807, 2.05) is 32.9 Å². The maximum Gasteiger partial charge on any atom is 0.261 e. The molecule has 0 bridgehead atoms. The first kappa shape index (κ1) is 22.9. The van der Waals surface area contributed by atoms with Crippen molar-refractivity contribution in [1.29, 1.82) is 0 Å². The number of hydrogen-bond acceptors (Lipinski definition) is 3. The summed E-state index contributed by atoms with van der Waals surface area (Å²) in [6, 6.07) is 10.7. The van der Waals surface area contributed by atoms with Crippen LogP contribution in [0.15, 0.2) is 46.9 Å². The number of ether oxygens (including phenoxy) is 1. The van der Waals surface area contributed by atoms with Crippen molar-refractivity contribution in [1.82, 2.24) is 10.2 Å². The first-order valence-corrected chi connectivity index (χ1v) is 10.4. The van der Waals surface area contributed by atoms with Crippen LogP contribution in [-0.4, -0.2) is 35.9 Å². The summed E-state index contributed by atoms with van der Waals surface area (Å²) < 4.78 is 19.9. The lowest BCUT2D eigenvalue weighted by Gasteiger charge is -2.30. The van der Waals surface area contributed by atoms with Crippen LogP contribution in [0.25, 0.3) is 0 Å². The van der Waals surface area contributed by atoms with Gasteiger partial charge < -0.3 is 15.0 Å². The molecule has 2 amide bonds. The summed E-state index contributed by atoms with van der Waals surface area (Å²) in [4.78, 5) is 27.0. The third-order valence-corrected chi connectivity index (χ3v) is 5.38. The summed E-state index contributed by atoms with van der Waals surface area (Å²) >= 11 is 3.43. The Balaban J connectivity index is 2.19. The highest BCUT2D eigenvalue weighted by atomic mass is 79.9. The van der Waals surface area contributed by atoms with Crippen molar-refractivity contribution in [2.24, 2.45) is 0 Å². The van der Waals surface area contributed by atoms with E-state index in [4.69, 9.17) is 4.74 Å². The molecule has 1 N–H and O–H groups in total. The van der Waals surface area contributed by atoms with Gasteiger partial charge in [-0.05, 0) is 61.7 Å². The Morgan fingerprint density at radius 2 is 1.86 bits per heavy atom. The minimum atomic E-state index is -0.636. The summed E-state index contributed by atoms with van der Waals surface area (Å²) in [6.45, 7) is 6.08. The Morgan fingerprint density at radius 1 is 1.17 bits per heavy atom. The number of aryl methyl sites for hydroxylation is 1. The first-order chi connectivity index (χ1) is 13.8. The Bertz CT molecular complexity index is 842. The number of rotatable bonds is 9. The average molecular weight is 465 g/mol. The number of carbonyl (C=O) groups is 2. The number of benzene rings is 2. The Hall–Kier alpha value is -2.41. The van der Waals surface area contributed by atoms with E-state index in [0.29, 0.717) is 18.7 Å². The van der Waals surface area contributed by atoms with Gasteiger partial charge in [-0.2, -0.15) is 0 Å². The molecule has 1 atom stereocenters. The molecule has 2 rings (SSSR count). The molecule has 0 radical (unpaired) electrons. The van der Waals surface area contributed by atoms with E-state index < -0.39 is 6.04 Å². The quantitative estimate of drug-likeness (QED) is 0.604. The molecule has 5 nitrogen and oxygen atoms in total. The van der Waals surface area contributed by atoms with Crippen molar-refractivity contribution >= 4 is 27.7 Å². The lowest BCUT2D eigenvalue weighted by molar-refractivity contribution is -0.142. The molecule has 156 valence electrons. The summed E-state index contributed by atoms with van der Waals surface area (Å²) in [5, 5.41) is 2.78. The fraction of sp³-hybridized carbons (Fsp3) is 0.364. The van der Waals surface area contributed by atoms with Gasteiger partial charge in [0.25, 0.3) is 5.91 Å². The highest BCUT2D eigenvalue weighted by Crippen LogP contribution is 2.22. The lowest BCUT2D eigenvalue weighted by Crippen LogP contribution is -2.50. The van der Waals surface area contributed by atoms with Crippen LogP contribution in [0.4, 0.5) is 4.39 Å². The van der Waals surface area contributed by atoms with Gasteiger partial charge in [0.05, 0.1) is 0 Å². The predicted molar refractivity (Wildman–Crippen MR) is 114 cm³/mol. The number of nitrogens with zero attached hydrogens (tertiary/aromatic N) is 1. The molecule has 0 saturated carbocycles. The topological polar surface area (TPSA) is 58.6 Å². The maximum absolute atomic E-state index is 13.2. The van der Waals surface area contributed by atoms with E-state index >= 15 is 0 Å². The minimum absolute atomic E-state index is 0.192. The summed E-state index contributed by atoms with van der Waals surface area (Å²) in [5.41, 5.74) is 1.73. The lowest BCUT2D eigenvalue weighted by atomic mass is 10.1. The maximum atomic E-state index is 13.2. The van der Waals surface area contributed by atoms with Crippen molar-refractivity contribution in [2.75, 3.05) is 13.2 Å². The zero-order valence-electron chi connectivity index (χ0n) is 16.9. The molecular weight excluding hydrogens is 439 g/mol. The predicted octanol–water partition coefficient (Wildman–Crippen LogP) is 4.22. The molecule has 0 heterocycles. The van der Waals surface area contributed by atoms with Gasteiger partial charge in [0.2, 0.25) is 5.91 Å². The van der Waals surface area contributed by atoms with Crippen LogP contribution < -0.4 is 10.1 Å². The van der Waals surface area contributed by atoms with Crippen molar-refractivity contribution in [2.45, 2.75) is 39.8 Å². The Morgan fingerprint density at radius 3 is 2.45 bits per heavy atom. The van der Waals surface area contributed by atoms with Crippen LogP contribution in [-0.2, 0) is 16.1 Å². The van der Waals surface area contributed by atoms with E-state index in [-0.39, 0.29) is 30.8 Å². The van der Waals surface area contributed by atoms with Crippen molar-refractivity contribution in [3.8, 4) is 5.75 Å². The largest absolute Gasteiger partial charge is 0.484 e. The number of carbonyl (C=O) groups excluding carboxylic acids is 2. The summed E-state index contributed by atoms with van der Waals surface area (Å²) in [6.07, 6.45) is 0.455. The second-order valence-corrected chi connectivity index (χ2v) is 7.52. The van der Waals surface area contributed by atoms with Gasteiger partial charge in [0.15, 0.2) is 6.61 Å². The smallest absolute Gasteiger partial charge is 0.261 e. The Labute approximate surface area is 179 Å². The fourth-order valence-electron chi connectivity index (χ4n) is 2.93. The van der Waals surface area contributed by atoms with Crippen LogP contribution in [0.1, 0.15) is 31.4 Å². The van der Waals surface area contributed by atoms with Crippen molar-refractivity contribution in [3.05, 3.63) is 63.9 Å². The number of likely N-dealkylation sites (N-methyl/N-ethyl adjacent to an activating group) is 1. The minimum Gasteiger partial charge on any atom is -0.484 e. The van der Waals surface area contributed by atoms with Gasteiger partial charge >= 0.3 is 0 Å². The van der Waals surface area contributed by atoms with E-state index in [1.54, 1.807) is 18.2 Å². The highest BCUT2D eigenvalue weighted by molar-refractivity contribution is 9.10. The molecule has 0 aromatic heterocycles. The van der Waals surface area contributed by atoms with Gasteiger partial charge in [-0.1, -0.05) is 35.0 Å².